The summed E-state index contributed by atoms with van der Waals surface area (Å²) in [6.45, 7) is 0. The SMILES string of the molecule is C1Cc2sc(c3c2CSC3)CCc2sc1c1c2CSC1. The molecule has 3 aliphatic rings. The van der Waals surface area contributed by atoms with Crippen molar-refractivity contribution >= 4 is 46.2 Å². The molecule has 104 valence electrons. The Labute approximate surface area is 136 Å². The van der Waals surface area contributed by atoms with Gasteiger partial charge in [-0.3, -0.25) is 0 Å². The van der Waals surface area contributed by atoms with Crippen LogP contribution in [0.15, 0.2) is 0 Å². The van der Waals surface area contributed by atoms with Crippen molar-refractivity contribution in [2.45, 2.75) is 48.7 Å². The van der Waals surface area contributed by atoms with Crippen LogP contribution in [-0.4, -0.2) is 0 Å². The zero-order valence-corrected chi connectivity index (χ0v) is 14.6. The molecule has 20 heavy (non-hydrogen) atoms. The van der Waals surface area contributed by atoms with Crippen molar-refractivity contribution in [2.24, 2.45) is 0 Å². The minimum Gasteiger partial charge on any atom is -0.152 e. The third-order valence-corrected chi connectivity index (χ3v) is 9.47. The fraction of sp³-hybridized carbons (Fsp3) is 0.500. The zero-order chi connectivity index (χ0) is 13.1. The molecule has 0 spiro atoms. The van der Waals surface area contributed by atoms with Gasteiger partial charge in [0.1, 0.15) is 0 Å². The van der Waals surface area contributed by atoms with E-state index in [0.717, 1.165) is 0 Å². The number of hydrogen-bond donors (Lipinski definition) is 0. The van der Waals surface area contributed by atoms with Crippen molar-refractivity contribution in [3.05, 3.63) is 41.8 Å². The summed E-state index contributed by atoms with van der Waals surface area (Å²) in [5.41, 5.74) is 6.94. The van der Waals surface area contributed by atoms with Crippen LogP contribution in [-0.2, 0) is 48.7 Å². The maximum atomic E-state index is 2.15. The molecule has 0 atom stereocenters. The summed E-state index contributed by atoms with van der Waals surface area (Å²) in [6.07, 6.45) is 5.18. The van der Waals surface area contributed by atoms with E-state index in [2.05, 4.69) is 46.2 Å². The first-order chi connectivity index (χ1) is 9.90. The molecule has 3 aliphatic heterocycles. The highest BCUT2D eigenvalue weighted by molar-refractivity contribution is 7.98. The van der Waals surface area contributed by atoms with Crippen LogP contribution in [0.5, 0.6) is 0 Å². The number of rotatable bonds is 0. The van der Waals surface area contributed by atoms with E-state index in [9.17, 15) is 0 Å². The number of hydrogen-bond acceptors (Lipinski definition) is 4. The van der Waals surface area contributed by atoms with Crippen LogP contribution < -0.4 is 0 Å². The second-order valence-electron chi connectivity index (χ2n) is 5.80. The normalized spacial score (nSPS) is 20.0. The van der Waals surface area contributed by atoms with Crippen LogP contribution in [0.4, 0.5) is 0 Å². The Morgan fingerprint density at radius 1 is 0.450 bits per heavy atom. The van der Waals surface area contributed by atoms with E-state index < -0.39 is 0 Å². The quantitative estimate of drug-likeness (QED) is 0.649. The van der Waals surface area contributed by atoms with E-state index in [4.69, 9.17) is 0 Å². The Hall–Kier alpha value is 0.1000. The van der Waals surface area contributed by atoms with Gasteiger partial charge in [-0.1, -0.05) is 0 Å². The molecule has 5 heterocycles. The minimum absolute atomic E-state index is 1.28. The molecule has 5 rings (SSSR count). The summed E-state index contributed by atoms with van der Waals surface area (Å²) < 4.78 is 0. The van der Waals surface area contributed by atoms with E-state index in [1.165, 1.54) is 48.7 Å². The van der Waals surface area contributed by atoms with Gasteiger partial charge >= 0.3 is 0 Å². The fourth-order valence-electron chi connectivity index (χ4n) is 3.66. The van der Waals surface area contributed by atoms with E-state index in [-0.39, 0.29) is 0 Å². The van der Waals surface area contributed by atoms with Crippen molar-refractivity contribution in [1.82, 2.24) is 0 Å². The molecule has 0 N–H and O–H groups in total. The summed E-state index contributed by atoms with van der Waals surface area (Å²) in [7, 11) is 0. The zero-order valence-electron chi connectivity index (χ0n) is 11.3. The highest BCUT2D eigenvalue weighted by Crippen LogP contribution is 2.45. The van der Waals surface area contributed by atoms with E-state index in [1.807, 2.05) is 0 Å². The standard InChI is InChI=1S/C16H16S4/c1-2-14-11-7-18-8-12(11)16(20-14)4-3-15-10-6-17-5-9(10)13(1)19-15/h1-8H2. The second kappa shape index (κ2) is 4.80. The molecular formula is C16H16S4. The average Bonchev–Trinajstić information content (AvgIpc) is 3.17. The topological polar surface area (TPSA) is 0 Å². The van der Waals surface area contributed by atoms with E-state index in [1.54, 1.807) is 41.8 Å². The van der Waals surface area contributed by atoms with E-state index in [0.29, 0.717) is 0 Å². The predicted octanol–water partition coefficient (Wildman–Crippen LogP) is 5.19. The number of fused-ring (bicyclic) bond motifs is 10. The molecule has 4 bridgehead atoms. The molecule has 0 amide bonds. The predicted molar refractivity (Wildman–Crippen MR) is 93.5 cm³/mol. The summed E-state index contributed by atoms with van der Waals surface area (Å²) >= 11 is 8.54. The Morgan fingerprint density at radius 2 is 0.750 bits per heavy atom. The van der Waals surface area contributed by atoms with Gasteiger partial charge in [0.25, 0.3) is 0 Å². The van der Waals surface area contributed by atoms with Gasteiger partial charge in [0.05, 0.1) is 0 Å². The largest absolute Gasteiger partial charge is 0.152 e. The Morgan fingerprint density at radius 3 is 1.05 bits per heavy atom. The lowest BCUT2D eigenvalue weighted by Crippen LogP contribution is -1.93. The van der Waals surface area contributed by atoms with Gasteiger partial charge in [-0.25, -0.2) is 0 Å². The van der Waals surface area contributed by atoms with Crippen molar-refractivity contribution in [2.75, 3.05) is 0 Å². The van der Waals surface area contributed by atoms with Crippen molar-refractivity contribution < 1.29 is 0 Å². The first kappa shape index (κ1) is 12.6. The number of thioether (sulfide) groups is 2. The molecule has 0 fully saturated rings. The van der Waals surface area contributed by atoms with Gasteiger partial charge < -0.3 is 0 Å². The van der Waals surface area contributed by atoms with E-state index >= 15 is 0 Å². The molecule has 0 saturated carbocycles. The van der Waals surface area contributed by atoms with Gasteiger partial charge in [0.15, 0.2) is 0 Å². The van der Waals surface area contributed by atoms with Crippen LogP contribution in [0.25, 0.3) is 0 Å². The first-order valence-electron chi connectivity index (χ1n) is 7.30. The fourth-order valence-corrected chi connectivity index (χ4v) is 9.13. The Bertz CT molecular complexity index is 579. The molecule has 4 heteroatoms. The van der Waals surface area contributed by atoms with Gasteiger partial charge in [0, 0.05) is 42.5 Å². The molecule has 0 saturated heterocycles. The highest BCUT2D eigenvalue weighted by atomic mass is 32.2. The van der Waals surface area contributed by atoms with Crippen LogP contribution in [0, 0.1) is 0 Å². The van der Waals surface area contributed by atoms with Crippen LogP contribution in [0.3, 0.4) is 0 Å². The summed E-state index contributed by atoms with van der Waals surface area (Å²) in [5, 5.41) is 0. The molecule has 2 aromatic heterocycles. The van der Waals surface area contributed by atoms with Crippen LogP contribution >= 0.6 is 46.2 Å². The summed E-state index contributed by atoms with van der Waals surface area (Å²) in [4.78, 5) is 6.88. The van der Waals surface area contributed by atoms with Crippen molar-refractivity contribution in [3.8, 4) is 0 Å². The molecule has 0 radical (unpaired) electrons. The highest BCUT2D eigenvalue weighted by Gasteiger charge is 2.27. The van der Waals surface area contributed by atoms with Gasteiger partial charge in [-0.15, -0.1) is 22.7 Å². The summed E-state index contributed by atoms with van der Waals surface area (Å²) in [5.74, 6) is 5.13. The molecule has 0 nitrogen and oxygen atoms in total. The smallest absolute Gasteiger partial charge is 0.0202 e. The third-order valence-electron chi connectivity index (χ3n) is 4.71. The molecule has 0 unspecified atom stereocenters. The number of thiophene rings is 2. The lowest BCUT2D eigenvalue weighted by atomic mass is 10.0. The maximum Gasteiger partial charge on any atom is 0.0202 e. The minimum atomic E-state index is 1.28. The first-order valence-corrected chi connectivity index (χ1v) is 11.2. The lowest BCUT2D eigenvalue weighted by molar-refractivity contribution is 0.968. The van der Waals surface area contributed by atoms with Crippen molar-refractivity contribution in [1.29, 1.82) is 0 Å². The Balaban J connectivity index is 1.60. The molecule has 0 aliphatic carbocycles. The maximum absolute atomic E-state index is 2.15. The molecule has 0 aromatic carbocycles. The molecule has 2 aromatic rings. The van der Waals surface area contributed by atoms with Gasteiger partial charge in [0.2, 0.25) is 0 Å². The second-order valence-corrected chi connectivity index (χ2v) is 10.1. The van der Waals surface area contributed by atoms with Gasteiger partial charge in [-0.2, -0.15) is 23.5 Å². The average molecular weight is 337 g/mol. The van der Waals surface area contributed by atoms with Crippen LogP contribution in [0.2, 0.25) is 0 Å². The Kier molecular flexibility index (Phi) is 3.03. The third kappa shape index (κ3) is 1.81. The van der Waals surface area contributed by atoms with Crippen LogP contribution in [0.1, 0.15) is 41.8 Å². The summed E-state index contributed by atoms with van der Waals surface area (Å²) in [6, 6.07) is 0. The van der Waals surface area contributed by atoms with Crippen molar-refractivity contribution in [3.63, 3.8) is 0 Å². The van der Waals surface area contributed by atoms with Gasteiger partial charge in [-0.05, 0) is 47.9 Å². The number of aryl methyl sites for hydroxylation is 4. The molecular weight excluding hydrogens is 320 g/mol. The lowest BCUT2D eigenvalue weighted by Gasteiger charge is -2.04. The monoisotopic (exact) mass is 336 g/mol.